The maximum Gasteiger partial charge on any atom is 0.321 e. The summed E-state index contributed by atoms with van der Waals surface area (Å²) in [4.78, 5) is 17.1. The molecule has 2 amide bonds. The quantitative estimate of drug-likeness (QED) is 0.862. The Bertz CT molecular complexity index is 585. The maximum atomic E-state index is 12.6. The van der Waals surface area contributed by atoms with E-state index in [1.54, 1.807) is 0 Å². The molecule has 2 saturated heterocycles. The molecule has 1 aromatic rings. The number of nitrogens with zero attached hydrogens (tertiary/aromatic N) is 2. The van der Waals surface area contributed by atoms with Crippen molar-refractivity contribution in [1.29, 1.82) is 0 Å². The average molecular weight is 329 g/mol. The van der Waals surface area contributed by atoms with Gasteiger partial charge in [-0.3, -0.25) is 4.90 Å². The summed E-state index contributed by atoms with van der Waals surface area (Å²) in [7, 11) is 0. The van der Waals surface area contributed by atoms with Crippen LogP contribution in [0, 0.1) is 0 Å². The number of hydrogen-bond donors (Lipinski definition) is 1. The monoisotopic (exact) mass is 329 g/mol. The van der Waals surface area contributed by atoms with Gasteiger partial charge in [-0.25, -0.2) is 4.79 Å². The second-order valence-electron chi connectivity index (χ2n) is 6.83. The van der Waals surface area contributed by atoms with Crippen LogP contribution in [-0.2, 0) is 0 Å². The van der Waals surface area contributed by atoms with Crippen molar-refractivity contribution in [3.05, 3.63) is 36.4 Å². The molecule has 130 valence electrons. The summed E-state index contributed by atoms with van der Waals surface area (Å²) in [6.07, 6.45) is 3.52. The van der Waals surface area contributed by atoms with E-state index in [-0.39, 0.29) is 6.03 Å². The van der Waals surface area contributed by atoms with E-state index < -0.39 is 0 Å². The normalized spacial score (nSPS) is 21.0. The molecule has 2 heterocycles. The lowest BCUT2D eigenvalue weighted by molar-refractivity contribution is 0.200. The van der Waals surface area contributed by atoms with Gasteiger partial charge in [0.05, 0.1) is 0 Å². The highest BCUT2D eigenvalue weighted by atomic mass is 16.5. The van der Waals surface area contributed by atoms with E-state index in [0.29, 0.717) is 12.6 Å². The standard InChI is InChI=1S/C19H27N3O2/c1-15(2)14-24-18-8-6-16(7-9-18)20-19(23)22-12-4-11-21-10-3-5-17(21)13-22/h6-9,17H,1,3-5,10-14H2,2H3,(H,20,23)/t17-/m0/s1. The van der Waals surface area contributed by atoms with Crippen molar-refractivity contribution in [2.24, 2.45) is 0 Å². The third kappa shape index (κ3) is 4.29. The van der Waals surface area contributed by atoms with Crippen LogP contribution in [0.3, 0.4) is 0 Å². The molecule has 0 bridgehead atoms. The Morgan fingerprint density at radius 2 is 2.00 bits per heavy atom. The first-order valence-electron chi connectivity index (χ1n) is 8.79. The highest BCUT2D eigenvalue weighted by Crippen LogP contribution is 2.22. The number of carbonyl (C=O) groups is 1. The molecule has 0 aromatic heterocycles. The van der Waals surface area contributed by atoms with Crippen molar-refractivity contribution in [3.8, 4) is 5.75 Å². The van der Waals surface area contributed by atoms with Crippen molar-refractivity contribution in [3.63, 3.8) is 0 Å². The number of nitrogens with one attached hydrogen (secondary N) is 1. The minimum absolute atomic E-state index is 0.000598. The van der Waals surface area contributed by atoms with Crippen LogP contribution in [0.15, 0.2) is 36.4 Å². The highest BCUT2D eigenvalue weighted by molar-refractivity contribution is 5.89. The van der Waals surface area contributed by atoms with Crippen LogP contribution in [0.5, 0.6) is 5.75 Å². The average Bonchev–Trinajstić information content (AvgIpc) is 2.91. The van der Waals surface area contributed by atoms with E-state index in [1.807, 2.05) is 36.1 Å². The van der Waals surface area contributed by atoms with Crippen molar-refractivity contribution >= 4 is 11.7 Å². The largest absolute Gasteiger partial charge is 0.489 e. The summed E-state index contributed by atoms with van der Waals surface area (Å²) >= 11 is 0. The number of carbonyl (C=O) groups excluding carboxylic acids is 1. The lowest BCUT2D eigenvalue weighted by atomic mass is 10.2. The number of fused-ring (bicyclic) bond motifs is 1. The maximum absolute atomic E-state index is 12.6. The molecule has 5 heteroatoms. The van der Waals surface area contributed by atoms with Gasteiger partial charge < -0.3 is 15.0 Å². The second-order valence-corrected chi connectivity index (χ2v) is 6.83. The Balaban J connectivity index is 1.54. The fourth-order valence-corrected chi connectivity index (χ4v) is 3.43. The highest BCUT2D eigenvalue weighted by Gasteiger charge is 2.30. The van der Waals surface area contributed by atoms with Crippen molar-refractivity contribution in [1.82, 2.24) is 9.80 Å². The van der Waals surface area contributed by atoms with E-state index >= 15 is 0 Å². The van der Waals surface area contributed by atoms with Gasteiger partial charge in [0.15, 0.2) is 0 Å². The van der Waals surface area contributed by atoms with E-state index in [0.717, 1.165) is 43.1 Å². The summed E-state index contributed by atoms with van der Waals surface area (Å²) < 4.78 is 5.58. The molecule has 0 spiro atoms. The van der Waals surface area contributed by atoms with Gasteiger partial charge in [0.2, 0.25) is 0 Å². The number of rotatable bonds is 4. The second kappa shape index (κ2) is 7.71. The number of ether oxygens (including phenoxy) is 1. The van der Waals surface area contributed by atoms with Gasteiger partial charge in [0, 0.05) is 31.4 Å². The number of urea groups is 1. The topological polar surface area (TPSA) is 44.8 Å². The summed E-state index contributed by atoms with van der Waals surface area (Å²) in [5.74, 6) is 0.785. The van der Waals surface area contributed by atoms with Gasteiger partial charge >= 0.3 is 6.03 Å². The van der Waals surface area contributed by atoms with Crippen molar-refractivity contribution in [2.75, 3.05) is 38.1 Å². The molecule has 2 aliphatic rings. The number of benzene rings is 1. The molecule has 2 aliphatic heterocycles. The number of amides is 2. The number of hydrogen-bond acceptors (Lipinski definition) is 3. The Hall–Kier alpha value is -2.01. The molecule has 5 nitrogen and oxygen atoms in total. The Morgan fingerprint density at radius 3 is 2.75 bits per heavy atom. The summed E-state index contributed by atoms with van der Waals surface area (Å²) in [6, 6.07) is 8.05. The van der Waals surface area contributed by atoms with Crippen LogP contribution in [0.1, 0.15) is 26.2 Å². The zero-order valence-electron chi connectivity index (χ0n) is 14.5. The van der Waals surface area contributed by atoms with Crippen LogP contribution < -0.4 is 10.1 Å². The molecule has 3 rings (SSSR count). The van der Waals surface area contributed by atoms with E-state index in [4.69, 9.17) is 4.74 Å². The SMILES string of the molecule is C=C(C)COc1ccc(NC(=O)N2CCCN3CCC[C@H]3C2)cc1. The molecule has 1 N–H and O–H groups in total. The zero-order chi connectivity index (χ0) is 16.9. The van der Waals surface area contributed by atoms with Crippen LogP contribution in [0.25, 0.3) is 0 Å². The van der Waals surface area contributed by atoms with Gasteiger partial charge in [0.25, 0.3) is 0 Å². The van der Waals surface area contributed by atoms with E-state index in [1.165, 1.54) is 19.4 Å². The van der Waals surface area contributed by atoms with E-state index in [2.05, 4.69) is 16.8 Å². The molecular formula is C19H27N3O2. The molecule has 1 aromatic carbocycles. The smallest absolute Gasteiger partial charge is 0.321 e. The molecule has 0 aliphatic carbocycles. The third-order valence-corrected chi connectivity index (χ3v) is 4.68. The molecule has 2 fully saturated rings. The molecule has 0 radical (unpaired) electrons. The number of anilines is 1. The predicted octanol–water partition coefficient (Wildman–Crippen LogP) is 3.34. The van der Waals surface area contributed by atoms with Crippen molar-refractivity contribution < 1.29 is 9.53 Å². The van der Waals surface area contributed by atoms with Crippen molar-refractivity contribution in [2.45, 2.75) is 32.2 Å². The molecule has 1 atom stereocenters. The van der Waals surface area contributed by atoms with E-state index in [9.17, 15) is 4.79 Å². The zero-order valence-corrected chi connectivity index (χ0v) is 14.5. The van der Waals surface area contributed by atoms with Gasteiger partial charge in [-0.15, -0.1) is 0 Å². The van der Waals surface area contributed by atoms with Gasteiger partial charge in [0.1, 0.15) is 12.4 Å². The molecule has 0 unspecified atom stereocenters. The third-order valence-electron chi connectivity index (χ3n) is 4.68. The van der Waals surface area contributed by atoms with Crippen LogP contribution >= 0.6 is 0 Å². The Kier molecular flexibility index (Phi) is 5.41. The summed E-state index contributed by atoms with van der Waals surface area (Å²) in [5.41, 5.74) is 1.78. The first-order valence-corrected chi connectivity index (χ1v) is 8.79. The molecular weight excluding hydrogens is 302 g/mol. The fraction of sp³-hybridized carbons (Fsp3) is 0.526. The van der Waals surface area contributed by atoms with Crippen LogP contribution in [-0.4, -0.2) is 54.7 Å². The Labute approximate surface area is 144 Å². The first kappa shape index (κ1) is 16.8. The van der Waals surface area contributed by atoms with Crippen LogP contribution in [0.4, 0.5) is 10.5 Å². The lowest BCUT2D eigenvalue weighted by Gasteiger charge is -2.25. The lowest BCUT2D eigenvalue weighted by Crippen LogP contribution is -2.41. The predicted molar refractivity (Wildman–Crippen MR) is 96.6 cm³/mol. The van der Waals surface area contributed by atoms with Gasteiger partial charge in [-0.05, 0) is 62.6 Å². The summed E-state index contributed by atoms with van der Waals surface area (Å²) in [6.45, 7) is 10.2. The minimum Gasteiger partial charge on any atom is -0.489 e. The minimum atomic E-state index is -0.000598. The summed E-state index contributed by atoms with van der Waals surface area (Å²) in [5, 5.41) is 3.01. The first-order chi connectivity index (χ1) is 11.6. The van der Waals surface area contributed by atoms with Gasteiger partial charge in [-0.2, -0.15) is 0 Å². The molecule has 0 saturated carbocycles. The van der Waals surface area contributed by atoms with Gasteiger partial charge in [-0.1, -0.05) is 6.58 Å². The van der Waals surface area contributed by atoms with Crippen LogP contribution in [0.2, 0.25) is 0 Å². The Morgan fingerprint density at radius 1 is 1.25 bits per heavy atom. The fourth-order valence-electron chi connectivity index (χ4n) is 3.43. The molecule has 24 heavy (non-hydrogen) atoms.